The van der Waals surface area contributed by atoms with E-state index in [1.807, 2.05) is 6.07 Å². The number of methoxy groups -OCH3 is 1. The Hall–Kier alpha value is -1.78. The normalized spacial score (nSPS) is 15.6. The molecular formula is C12H17N3O2. The first-order valence-electron chi connectivity index (χ1n) is 5.85. The van der Waals surface area contributed by atoms with Gasteiger partial charge in [-0.25, -0.2) is 9.78 Å². The maximum Gasteiger partial charge on any atom is 0.412 e. The molecule has 1 heterocycles. The first-order chi connectivity index (χ1) is 8.28. The summed E-state index contributed by atoms with van der Waals surface area (Å²) in [6.07, 6.45) is 6.27. The Balaban J connectivity index is 1.90. The molecule has 1 aromatic heterocycles. The van der Waals surface area contributed by atoms with E-state index < -0.39 is 6.09 Å². The zero-order valence-electron chi connectivity index (χ0n) is 9.90. The number of aromatic nitrogens is 1. The Morgan fingerprint density at radius 3 is 2.76 bits per heavy atom. The average molecular weight is 235 g/mol. The molecule has 2 rings (SSSR count). The predicted octanol–water partition coefficient (Wildman–Crippen LogP) is 2.61. The van der Waals surface area contributed by atoms with Crippen LogP contribution in [0.3, 0.4) is 0 Å². The zero-order valence-corrected chi connectivity index (χ0v) is 9.90. The number of carbonyl (C=O) groups excluding carboxylic acids is 1. The van der Waals surface area contributed by atoms with Crippen LogP contribution in [0.25, 0.3) is 0 Å². The maximum absolute atomic E-state index is 11.0. The first-order valence-corrected chi connectivity index (χ1v) is 5.85. The molecule has 0 aromatic carbocycles. The summed E-state index contributed by atoms with van der Waals surface area (Å²) in [4.78, 5) is 15.1. The van der Waals surface area contributed by atoms with Gasteiger partial charge in [-0.05, 0) is 25.0 Å². The van der Waals surface area contributed by atoms with Gasteiger partial charge in [-0.3, -0.25) is 5.32 Å². The van der Waals surface area contributed by atoms with Crippen LogP contribution >= 0.6 is 0 Å². The lowest BCUT2D eigenvalue weighted by Gasteiger charge is -2.13. The second kappa shape index (κ2) is 5.52. The van der Waals surface area contributed by atoms with Crippen LogP contribution in [-0.4, -0.2) is 24.2 Å². The Labute approximate surface area is 101 Å². The fourth-order valence-electron chi connectivity index (χ4n) is 2.01. The summed E-state index contributed by atoms with van der Waals surface area (Å²) in [7, 11) is 1.32. The van der Waals surface area contributed by atoms with E-state index >= 15 is 0 Å². The van der Waals surface area contributed by atoms with Crippen molar-refractivity contribution in [3.63, 3.8) is 0 Å². The molecule has 0 bridgehead atoms. The monoisotopic (exact) mass is 235 g/mol. The van der Waals surface area contributed by atoms with E-state index in [-0.39, 0.29) is 0 Å². The van der Waals surface area contributed by atoms with Gasteiger partial charge in [0, 0.05) is 6.04 Å². The Morgan fingerprint density at radius 2 is 2.18 bits per heavy atom. The molecular weight excluding hydrogens is 218 g/mol. The highest BCUT2D eigenvalue weighted by atomic mass is 16.5. The van der Waals surface area contributed by atoms with E-state index in [1.54, 1.807) is 12.3 Å². The quantitative estimate of drug-likeness (QED) is 0.845. The lowest BCUT2D eigenvalue weighted by atomic mass is 10.2. The van der Waals surface area contributed by atoms with Gasteiger partial charge in [0.2, 0.25) is 0 Å². The van der Waals surface area contributed by atoms with Crippen LogP contribution < -0.4 is 10.6 Å². The van der Waals surface area contributed by atoms with Crippen molar-refractivity contribution in [3.8, 4) is 0 Å². The van der Waals surface area contributed by atoms with Crippen LogP contribution in [0, 0.1) is 0 Å². The average Bonchev–Trinajstić information content (AvgIpc) is 2.84. The van der Waals surface area contributed by atoms with Crippen molar-refractivity contribution in [2.75, 3.05) is 17.7 Å². The minimum Gasteiger partial charge on any atom is -0.453 e. The van der Waals surface area contributed by atoms with Crippen molar-refractivity contribution < 1.29 is 9.53 Å². The minimum atomic E-state index is -0.506. The number of rotatable bonds is 3. The third kappa shape index (κ3) is 3.34. The van der Waals surface area contributed by atoms with E-state index in [0.29, 0.717) is 11.9 Å². The highest BCUT2D eigenvalue weighted by molar-refractivity contribution is 5.83. The summed E-state index contributed by atoms with van der Waals surface area (Å²) >= 11 is 0. The second-order valence-electron chi connectivity index (χ2n) is 4.17. The van der Waals surface area contributed by atoms with Crippen molar-refractivity contribution in [2.45, 2.75) is 31.7 Å². The third-order valence-electron chi connectivity index (χ3n) is 2.90. The first kappa shape index (κ1) is 11.7. The summed E-state index contributed by atoms with van der Waals surface area (Å²) < 4.78 is 4.49. The van der Waals surface area contributed by atoms with E-state index in [0.717, 1.165) is 5.69 Å². The molecule has 0 atom stereocenters. The third-order valence-corrected chi connectivity index (χ3v) is 2.90. The number of anilines is 2. The highest BCUT2D eigenvalue weighted by Crippen LogP contribution is 2.22. The van der Waals surface area contributed by atoms with Gasteiger partial charge in [0.1, 0.15) is 5.82 Å². The van der Waals surface area contributed by atoms with Crippen molar-refractivity contribution in [1.29, 1.82) is 0 Å². The minimum absolute atomic E-state index is 0.494. The van der Waals surface area contributed by atoms with Gasteiger partial charge in [0.05, 0.1) is 19.0 Å². The lowest BCUT2D eigenvalue weighted by Crippen LogP contribution is -2.15. The van der Waals surface area contributed by atoms with E-state index in [1.165, 1.54) is 32.8 Å². The summed E-state index contributed by atoms with van der Waals surface area (Å²) in [5.74, 6) is 0.494. The fraction of sp³-hybridized carbons (Fsp3) is 0.500. The number of nitrogens with one attached hydrogen (secondary N) is 2. The summed E-state index contributed by atoms with van der Waals surface area (Å²) in [5.41, 5.74) is 0.993. The van der Waals surface area contributed by atoms with Gasteiger partial charge in [-0.1, -0.05) is 12.8 Å². The number of nitrogens with zero attached hydrogens (tertiary/aromatic N) is 1. The summed E-state index contributed by atoms with van der Waals surface area (Å²) in [6.45, 7) is 0. The Morgan fingerprint density at radius 1 is 1.41 bits per heavy atom. The smallest absolute Gasteiger partial charge is 0.412 e. The van der Waals surface area contributed by atoms with Crippen LogP contribution in [0.2, 0.25) is 0 Å². The van der Waals surface area contributed by atoms with Gasteiger partial charge in [0.25, 0.3) is 0 Å². The molecule has 5 heteroatoms. The maximum atomic E-state index is 11.0. The predicted molar refractivity (Wildman–Crippen MR) is 66.1 cm³/mol. The summed E-state index contributed by atoms with van der Waals surface area (Å²) in [6, 6.07) is 4.24. The van der Waals surface area contributed by atoms with Crippen molar-refractivity contribution >= 4 is 17.6 Å². The number of carbonyl (C=O) groups is 1. The highest BCUT2D eigenvalue weighted by Gasteiger charge is 2.14. The summed E-state index contributed by atoms with van der Waals surface area (Å²) in [5, 5.41) is 5.94. The van der Waals surface area contributed by atoms with Crippen LogP contribution in [0.15, 0.2) is 18.3 Å². The van der Waals surface area contributed by atoms with E-state index in [9.17, 15) is 4.79 Å². The molecule has 0 saturated heterocycles. The SMILES string of the molecule is COC(=O)Nc1ccc(NC2CCCC2)cn1. The molecule has 92 valence electrons. The van der Waals surface area contributed by atoms with Crippen LogP contribution in [0.4, 0.5) is 16.3 Å². The number of hydrogen-bond acceptors (Lipinski definition) is 4. The number of amides is 1. The van der Waals surface area contributed by atoms with Gasteiger partial charge in [-0.2, -0.15) is 0 Å². The molecule has 1 aliphatic carbocycles. The molecule has 1 amide bonds. The van der Waals surface area contributed by atoms with Crippen LogP contribution in [0.5, 0.6) is 0 Å². The standard InChI is InChI=1S/C12H17N3O2/c1-17-12(16)15-11-7-6-10(8-13-11)14-9-4-2-3-5-9/h6-9,14H,2-5H2,1H3,(H,13,15,16). The van der Waals surface area contributed by atoms with Crippen LogP contribution in [-0.2, 0) is 4.74 Å². The van der Waals surface area contributed by atoms with Crippen molar-refractivity contribution in [1.82, 2.24) is 4.98 Å². The topological polar surface area (TPSA) is 63.2 Å². The molecule has 1 fully saturated rings. The molecule has 1 aromatic rings. The van der Waals surface area contributed by atoms with Crippen LogP contribution in [0.1, 0.15) is 25.7 Å². The molecule has 1 saturated carbocycles. The molecule has 17 heavy (non-hydrogen) atoms. The Kier molecular flexibility index (Phi) is 3.80. The Bertz CT molecular complexity index is 372. The van der Waals surface area contributed by atoms with Crippen molar-refractivity contribution in [2.24, 2.45) is 0 Å². The number of hydrogen-bond donors (Lipinski definition) is 2. The molecule has 5 nitrogen and oxygen atoms in total. The molecule has 0 unspecified atom stereocenters. The molecule has 1 aliphatic rings. The second-order valence-corrected chi connectivity index (χ2v) is 4.17. The van der Waals surface area contributed by atoms with Gasteiger partial charge in [-0.15, -0.1) is 0 Å². The van der Waals surface area contributed by atoms with Gasteiger partial charge < -0.3 is 10.1 Å². The van der Waals surface area contributed by atoms with E-state index in [2.05, 4.69) is 20.4 Å². The molecule has 0 spiro atoms. The lowest BCUT2D eigenvalue weighted by molar-refractivity contribution is 0.187. The number of ether oxygens (including phenoxy) is 1. The van der Waals surface area contributed by atoms with Gasteiger partial charge in [0.15, 0.2) is 0 Å². The van der Waals surface area contributed by atoms with Gasteiger partial charge >= 0.3 is 6.09 Å². The fourth-order valence-corrected chi connectivity index (χ4v) is 2.01. The molecule has 2 N–H and O–H groups in total. The number of pyridine rings is 1. The van der Waals surface area contributed by atoms with Crippen molar-refractivity contribution in [3.05, 3.63) is 18.3 Å². The molecule has 0 aliphatic heterocycles. The largest absolute Gasteiger partial charge is 0.453 e. The van der Waals surface area contributed by atoms with E-state index in [4.69, 9.17) is 0 Å². The zero-order chi connectivity index (χ0) is 12.1. The molecule has 0 radical (unpaired) electrons.